The van der Waals surface area contributed by atoms with E-state index in [0.29, 0.717) is 41.8 Å². The number of nitrogens with zero attached hydrogens (tertiary/aromatic N) is 2. The van der Waals surface area contributed by atoms with Crippen LogP contribution in [-0.4, -0.2) is 41.4 Å². The molecule has 3 heterocycles. The zero-order valence-corrected chi connectivity index (χ0v) is 15.3. The van der Waals surface area contributed by atoms with Gasteiger partial charge < -0.3 is 9.32 Å². The van der Waals surface area contributed by atoms with E-state index in [9.17, 15) is 9.59 Å². The molecule has 2 atom stereocenters. The van der Waals surface area contributed by atoms with Crippen LogP contribution in [-0.2, 0) is 11.3 Å². The third-order valence-corrected chi connectivity index (χ3v) is 5.84. The van der Waals surface area contributed by atoms with Crippen molar-refractivity contribution in [3.63, 3.8) is 0 Å². The van der Waals surface area contributed by atoms with Gasteiger partial charge in [0.2, 0.25) is 5.91 Å². The molecule has 0 aliphatic carbocycles. The zero-order chi connectivity index (χ0) is 18.1. The fraction of sp³-hybridized carbons (Fsp3) is 0.524. The summed E-state index contributed by atoms with van der Waals surface area (Å²) in [5.74, 6) is 0.831. The second kappa shape index (κ2) is 7.23. The van der Waals surface area contributed by atoms with E-state index in [1.165, 1.54) is 0 Å². The minimum absolute atomic E-state index is 0.0698. The molecule has 0 unspecified atom stereocenters. The molecule has 1 aromatic heterocycles. The van der Waals surface area contributed by atoms with Gasteiger partial charge in [-0.05, 0) is 37.3 Å². The maximum atomic E-state index is 12.7. The lowest BCUT2D eigenvalue weighted by molar-refractivity contribution is -0.141. The molecule has 2 saturated heterocycles. The Morgan fingerprint density at radius 3 is 2.88 bits per heavy atom. The van der Waals surface area contributed by atoms with Gasteiger partial charge in [0.05, 0.1) is 11.6 Å². The molecule has 2 aromatic rings. The molecule has 4 rings (SSSR count). The normalized spacial score (nSPS) is 24.0. The van der Waals surface area contributed by atoms with Crippen LogP contribution in [0, 0.1) is 5.92 Å². The Balaban J connectivity index is 1.49. The van der Waals surface area contributed by atoms with Gasteiger partial charge >= 0.3 is 0 Å². The highest BCUT2D eigenvalue weighted by Gasteiger charge is 2.38. The molecule has 0 saturated carbocycles. The monoisotopic (exact) mass is 354 g/mol. The van der Waals surface area contributed by atoms with Gasteiger partial charge in [-0.2, -0.15) is 0 Å². The highest BCUT2D eigenvalue weighted by Crippen LogP contribution is 2.31. The Hall–Kier alpha value is -2.14. The zero-order valence-electron chi connectivity index (χ0n) is 15.3. The summed E-state index contributed by atoms with van der Waals surface area (Å²) in [6.07, 6.45) is 5.25. The van der Waals surface area contributed by atoms with E-state index in [2.05, 4.69) is 16.7 Å². The van der Waals surface area contributed by atoms with E-state index < -0.39 is 0 Å². The van der Waals surface area contributed by atoms with Gasteiger partial charge in [0, 0.05) is 44.2 Å². The predicted molar refractivity (Wildman–Crippen MR) is 101 cm³/mol. The molecule has 2 fully saturated rings. The van der Waals surface area contributed by atoms with E-state index in [4.69, 9.17) is 4.42 Å². The first-order valence-corrected chi connectivity index (χ1v) is 9.68. The van der Waals surface area contributed by atoms with Crippen molar-refractivity contribution >= 4 is 16.9 Å². The number of rotatable bonds is 4. The van der Waals surface area contributed by atoms with Crippen LogP contribution in [0.15, 0.2) is 39.7 Å². The maximum Gasteiger partial charge on any atom is 0.222 e. The van der Waals surface area contributed by atoms with Crippen molar-refractivity contribution in [2.75, 3.05) is 19.6 Å². The van der Waals surface area contributed by atoms with Gasteiger partial charge in [-0.15, -0.1) is 0 Å². The van der Waals surface area contributed by atoms with Crippen molar-refractivity contribution in [3.8, 4) is 0 Å². The largest absolute Gasteiger partial charge is 0.464 e. The summed E-state index contributed by atoms with van der Waals surface area (Å²) in [5.41, 5.74) is 1.43. The third kappa shape index (κ3) is 3.16. The molecular weight excluding hydrogens is 328 g/mol. The molecule has 0 bridgehead atoms. The van der Waals surface area contributed by atoms with Crippen LogP contribution < -0.4 is 5.43 Å². The van der Waals surface area contributed by atoms with Gasteiger partial charge in [0.1, 0.15) is 5.58 Å². The summed E-state index contributed by atoms with van der Waals surface area (Å²) < 4.78 is 5.66. The number of benzene rings is 1. The van der Waals surface area contributed by atoms with E-state index in [0.717, 1.165) is 44.5 Å². The number of likely N-dealkylation sites (tertiary alicyclic amines) is 2. The van der Waals surface area contributed by atoms with Crippen molar-refractivity contribution in [3.05, 3.63) is 46.3 Å². The molecule has 1 amide bonds. The molecule has 5 heteroatoms. The molecule has 2 aliphatic heterocycles. The number of amides is 1. The van der Waals surface area contributed by atoms with Crippen LogP contribution >= 0.6 is 0 Å². The first-order chi connectivity index (χ1) is 12.7. The average molecular weight is 354 g/mol. The Bertz CT molecular complexity index is 860. The smallest absolute Gasteiger partial charge is 0.222 e. The van der Waals surface area contributed by atoms with Gasteiger partial charge in [0.15, 0.2) is 5.43 Å². The lowest BCUT2D eigenvalue weighted by Crippen LogP contribution is -2.56. The summed E-state index contributed by atoms with van der Waals surface area (Å²) in [5, 5.41) is 0.650. The molecule has 26 heavy (non-hydrogen) atoms. The summed E-state index contributed by atoms with van der Waals surface area (Å²) in [6, 6.07) is 7.78. The molecule has 0 N–H and O–H groups in total. The topological polar surface area (TPSA) is 53.8 Å². The molecular formula is C21H26N2O3. The van der Waals surface area contributed by atoms with Crippen molar-refractivity contribution < 1.29 is 9.21 Å². The van der Waals surface area contributed by atoms with Gasteiger partial charge in [-0.1, -0.05) is 19.1 Å². The Kier molecular flexibility index (Phi) is 4.81. The second-order valence-corrected chi connectivity index (χ2v) is 7.56. The van der Waals surface area contributed by atoms with Crippen molar-refractivity contribution in [1.29, 1.82) is 0 Å². The lowest BCUT2D eigenvalue weighted by Gasteiger charge is -2.47. The molecule has 1 aromatic carbocycles. The summed E-state index contributed by atoms with van der Waals surface area (Å²) >= 11 is 0. The number of piperidine rings is 2. The SMILES string of the molecule is CCCN1C(=O)CC[C@H]2CN(Cc3coc4ccccc4c3=O)CC[C@H]21. The van der Waals surface area contributed by atoms with E-state index in [1.807, 2.05) is 24.3 Å². The lowest BCUT2D eigenvalue weighted by atomic mass is 9.83. The fourth-order valence-electron chi connectivity index (χ4n) is 4.57. The first-order valence-electron chi connectivity index (χ1n) is 9.68. The number of hydrogen-bond acceptors (Lipinski definition) is 4. The quantitative estimate of drug-likeness (QED) is 0.847. The number of carbonyl (C=O) groups excluding carboxylic acids is 1. The Labute approximate surface area is 153 Å². The van der Waals surface area contributed by atoms with Crippen LogP contribution in [0.5, 0.6) is 0 Å². The molecule has 138 valence electrons. The van der Waals surface area contributed by atoms with Crippen molar-refractivity contribution in [1.82, 2.24) is 9.80 Å². The number of carbonyl (C=O) groups is 1. The summed E-state index contributed by atoms with van der Waals surface area (Å²) in [6.45, 7) is 5.49. The summed E-state index contributed by atoms with van der Waals surface area (Å²) in [4.78, 5) is 29.4. The van der Waals surface area contributed by atoms with Gasteiger partial charge in [0.25, 0.3) is 0 Å². The van der Waals surface area contributed by atoms with E-state index >= 15 is 0 Å². The Morgan fingerprint density at radius 1 is 1.19 bits per heavy atom. The minimum Gasteiger partial charge on any atom is -0.464 e. The van der Waals surface area contributed by atoms with Crippen LogP contribution in [0.1, 0.15) is 38.2 Å². The van der Waals surface area contributed by atoms with Crippen molar-refractivity contribution in [2.24, 2.45) is 5.92 Å². The fourth-order valence-corrected chi connectivity index (χ4v) is 4.57. The molecule has 0 radical (unpaired) electrons. The van der Waals surface area contributed by atoms with Crippen LogP contribution in [0.2, 0.25) is 0 Å². The predicted octanol–water partition coefficient (Wildman–Crippen LogP) is 3.02. The number of hydrogen-bond donors (Lipinski definition) is 0. The average Bonchev–Trinajstić information content (AvgIpc) is 2.67. The molecule has 2 aliphatic rings. The maximum absolute atomic E-state index is 12.7. The van der Waals surface area contributed by atoms with Crippen LogP contribution in [0.4, 0.5) is 0 Å². The number of para-hydroxylation sites is 1. The number of fused-ring (bicyclic) bond motifs is 2. The highest BCUT2D eigenvalue weighted by molar-refractivity contribution is 5.77. The van der Waals surface area contributed by atoms with E-state index in [-0.39, 0.29) is 5.43 Å². The summed E-state index contributed by atoms with van der Waals surface area (Å²) in [7, 11) is 0. The standard InChI is InChI=1S/C21H26N2O3/c1-2-10-23-18-9-11-22(12-15(18)7-8-20(23)24)13-16-14-26-19-6-4-3-5-17(19)21(16)25/h3-6,14-15,18H,2,7-13H2,1H3/t15-,18+/m0/s1. The van der Waals surface area contributed by atoms with Gasteiger partial charge in [-0.3, -0.25) is 14.5 Å². The van der Waals surface area contributed by atoms with Crippen LogP contribution in [0.3, 0.4) is 0 Å². The molecule has 5 nitrogen and oxygen atoms in total. The van der Waals surface area contributed by atoms with E-state index in [1.54, 1.807) is 6.26 Å². The van der Waals surface area contributed by atoms with Crippen LogP contribution in [0.25, 0.3) is 11.0 Å². The third-order valence-electron chi connectivity index (χ3n) is 5.84. The second-order valence-electron chi connectivity index (χ2n) is 7.56. The van der Waals surface area contributed by atoms with Gasteiger partial charge in [-0.25, -0.2) is 0 Å². The minimum atomic E-state index is 0.0698. The highest BCUT2D eigenvalue weighted by atomic mass is 16.3. The molecule has 0 spiro atoms. The first kappa shape index (κ1) is 17.3. The van der Waals surface area contributed by atoms with Crippen molar-refractivity contribution in [2.45, 2.75) is 45.2 Å². The Morgan fingerprint density at radius 2 is 2.04 bits per heavy atom.